The summed E-state index contributed by atoms with van der Waals surface area (Å²) in [7, 11) is 1.65. The van der Waals surface area contributed by atoms with Gasteiger partial charge in [-0.2, -0.15) is 15.4 Å². The monoisotopic (exact) mass is 369 g/mol. The number of carbonyl (C=O) groups is 1. The third kappa shape index (κ3) is 4.85. The fourth-order valence-corrected chi connectivity index (χ4v) is 2.58. The molecule has 1 amide bonds. The average Bonchev–Trinajstić information content (AvgIpc) is 3.19. The molecule has 2 rings (SSSR count). The van der Waals surface area contributed by atoms with Crippen LogP contribution in [0.25, 0.3) is 0 Å². The molecule has 2 aromatic heterocycles. The molecule has 12 nitrogen and oxygen atoms in total. The van der Waals surface area contributed by atoms with Gasteiger partial charge in [-0.25, -0.2) is 15.4 Å². The number of nitrogens with one attached hydrogen (secondary N) is 2. The van der Waals surface area contributed by atoms with E-state index in [2.05, 4.69) is 9.97 Å². The average molecular weight is 369 g/mol. The van der Waals surface area contributed by atoms with Crippen LogP contribution in [0.3, 0.4) is 0 Å². The van der Waals surface area contributed by atoms with Crippen molar-refractivity contribution in [3.05, 3.63) is 34.8 Å². The summed E-state index contributed by atoms with van der Waals surface area (Å²) >= 11 is 0. The van der Waals surface area contributed by atoms with Crippen molar-refractivity contribution in [2.75, 3.05) is 13.6 Å². The van der Waals surface area contributed by atoms with Gasteiger partial charge in [-0.1, -0.05) is 0 Å². The fraction of sp³-hybridized carbons (Fsp3) is 0.500. The van der Waals surface area contributed by atoms with E-state index in [9.17, 15) is 15.2 Å². The van der Waals surface area contributed by atoms with Gasteiger partial charge < -0.3 is 15.3 Å². The Hall–Kier alpha value is -2.35. The number of rotatable bonds is 9. The lowest BCUT2D eigenvalue weighted by Crippen LogP contribution is -3.00. The lowest BCUT2D eigenvalue weighted by atomic mass is 10.2. The van der Waals surface area contributed by atoms with E-state index < -0.39 is 10.5 Å². The first-order valence-corrected chi connectivity index (χ1v) is 8.05. The molecule has 0 saturated heterocycles. The summed E-state index contributed by atoms with van der Waals surface area (Å²) in [6.07, 6.45) is 5.00. The van der Waals surface area contributed by atoms with Crippen LogP contribution in [0.15, 0.2) is 18.6 Å². The summed E-state index contributed by atoms with van der Waals surface area (Å²) in [5, 5.41) is 38.1. The number of hydrogen-bond acceptors (Lipinski definition) is 7. The zero-order valence-electron chi connectivity index (χ0n) is 14.6. The number of carbonyl (C=O) groups excluding carboxylic acids is 1. The van der Waals surface area contributed by atoms with Gasteiger partial charge in [0.15, 0.2) is 0 Å². The number of aromatic nitrogens is 4. The van der Waals surface area contributed by atoms with Crippen LogP contribution >= 0.6 is 0 Å². The van der Waals surface area contributed by atoms with Crippen molar-refractivity contribution in [2.24, 2.45) is 0 Å². The minimum atomic E-state index is -1.11. The summed E-state index contributed by atoms with van der Waals surface area (Å²) in [6.45, 7) is 2.77. The predicted octanol–water partition coefficient (Wildman–Crippen LogP) is -1.87. The highest BCUT2D eigenvalue weighted by molar-refractivity contribution is 5.75. The van der Waals surface area contributed by atoms with Gasteiger partial charge in [-0.15, -0.1) is 0 Å². The second-order valence-electron chi connectivity index (χ2n) is 5.82. The molecule has 2 heterocycles. The van der Waals surface area contributed by atoms with E-state index in [0.717, 1.165) is 0 Å². The van der Waals surface area contributed by atoms with E-state index in [1.807, 2.05) is 0 Å². The smallest absolute Gasteiger partial charge is 0.340 e. The van der Waals surface area contributed by atoms with E-state index in [4.69, 9.17) is 10.4 Å². The lowest BCUT2D eigenvalue weighted by molar-refractivity contribution is -0.995. The molecule has 0 saturated carbocycles. The maximum Gasteiger partial charge on any atom is 0.340 e. The Balaban J connectivity index is 1.81. The van der Waals surface area contributed by atoms with Gasteiger partial charge in [0.2, 0.25) is 5.91 Å². The number of quaternary nitrogens is 2. The third-order valence-electron chi connectivity index (χ3n) is 4.06. The quantitative estimate of drug-likeness (QED) is 0.378. The van der Waals surface area contributed by atoms with Crippen LogP contribution in [0, 0.1) is 17.3 Å². The molecule has 0 aliphatic carbocycles. The number of aryl methyl sites for hydroxylation is 2. The summed E-state index contributed by atoms with van der Waals surface area (Å²) < 4.78 is 3.04. The molecule has 0 bridgehead atoms. The fourth-order valence-electron chi connectivity index (χ4n) is 2.58. The van der Waals surface area contributed by atoms with Gasteiger partial charge in [0.05, 0.1) is 6.20 Å². The number of hydrogen-bond donors (Lipinski definition) is 4. The van der Waals surface area contributed by atoms with E-state index in [1.54, 1.807) is 24.7 Å². The van der Waals surface area contributed by atoms with Crippen molar-refractivity contribution in [2.45, 2.75) is 32.9 Å². The Morgan fingerprint density at radius 2 is 2.00 bits per heavy atom. The van der Waals surface area contributed by atoms with Crippen molar-refractivity contribution in [1.82, 2.24) is 24.0 Å². The molecule has 2 unspecified atom stereocenters. The van der Waals surface area contributed by atoms with Crippen molar-refractivity contribution < 1.29 is 25.7 Å². The lowest BCUT2D eigenvalue weighted by Gasteiger charge is -2.20. The van der Waals surface area contributed by atoms with Crippen molar-refractivity contribution in [3.8, 4) is 0 Å². The standard InChI is InChI=1S/C14H23N7O5/c1-11-16-10-12(20(23)24)19(11)9-8-17(2)13(22)4-3-6-18-7-5-15-14(18)21(25)26/h5,7,10,20-21,23,25H,3-4,6,8-9H2,1-2H3. The van der Waals surface area contributed by atoms with Gasteiger partial charge >= 0.3 is 5.95 Å². The maximum atomic E-state index is 12.2. The van der Waals surface area contributed by atoms with Crippen LogP contribution in [0.4, 0.5) is 11.8 Å². The highest BCUT2D eigenvalue weighted by Crippen LogP contribution is 2.07. The Morgan fingerprint density at radius 3 is 2.65 bits per heavy atom. The van der Waals surface area contributed by atoms with Crippen LogP contribution in [0.2, 0.25) is 0 Å². The van der Waals surface area contributed by atoms with Gasteiger partial charge in [0, 0.05) is 39.3 Å². The largest absolute Gasteiger partial charge is 0.594 e. The third-order valence-corrected chi connectivity index (χ3v) is 4.06. The number of amides is 1. The highest BCUT2D eigenvalue weighted by Gasteiger charge is 2.15. The zero-order chi connectivity index (χ0) is 19.3. The van der Waals surface area contributed by atoms with E-state index in [-0.39, 0.29) is 24.1 Å². The molecule has 0 aliphatic rings. The molecular weight excluding hydrogens is 346 g/mol. The molecule has 0 aliphatic heterocycles. The summed E-state index contributed by atoms with van der Waals surface area (Å²) in [6, 6.07) is 0. The molecule has 0 fully saturated rings. The van der Waals surface area contributed by atoms with Gasteiger partial charge in [-0.3, -0.25) is 13.9 Å². The highest BCUT2D eigenvalue weighted by atomic mass is 16.8. The Labute approximate surface area is 149 Å². The molecule has 4 N–H and O–H groups in total. The molecular formula is C14H23N7O5. The first-order valence-electron chi connectivity index (χ1n) is 8.05. The van der Waals surface area contributed by atoms with Crippen molar-refractivity contribution in [3.63, 3.8) is 0 Å². The molecule has 0 radical (unpaired) electrons. The van der Waals surface area contributed by atoms with Crippen LogP contribution in [0.5, 0.6) is 0 Å². The van der Waals surface area contributed by atoms with Crippen LogP contribution in [0.1, 0.15) is 18.7 Å². The van der Waals surface area contributed by atoms with Crippen molar-refractivity contribution >= 4 is 17.7 Å². The molecule has 144 valence electrons. The second kappa shape index (κ2) is 8.84. The summed E-state index contributed by atoms with van der Waals surface area (Å²) in [4.78, 5) is 21.5. The van der Waals surface area contributed by atoms with Crippen LogP contribution in [-0.4, -0.2) is 53.9 Å². The maximum absolute atomic E-state index is 12.2. The number of likely N-dealkylation sites (N-methyl/N-ethyl adjacent to an activating group) is 1. The zero-order valence-corrected chi connectivity index (χ0v) is 14.6. The van der Waals surface area contributed by atoms with Crippen LogP contribution < -0.4 is 10.5 Å². The predicted molar refractivity (Wildman–Crippen MR) is 87.6 cm³/mol. The van der Waals surface area contributed by atoms with E-state index in [1.165, 1.54) is 21.9 Å². The minimum absolute atomic E-state index is 0.0532. The molecule has 2 atom stereocenters. The summed E-state index contributed by atoms with van der Waals surface area (Å²) in [5.41, 5.74) is 0. The number of imidazole rings is 2. The molecule has 0 aromatic carbocycles. The summed E-state index contributed by atoms with van der Waals surface area (Å²) in [5.74, 6) is 0.508. The Bertz CT molecular complexity index is 727. The Morgan fingerprint density at radius 1 is 1.27 bits per heavy atom. The normalized spacial score (nSPS) is 13.6. The van der Waals surface area contributed by atoms with Crippen molar-refractivity contribution in [1.29, 1.82) is 0 Å². The SMILES string of the molecule is Cc1ncc([NH+]([O-])O)n1CCN(C)C(=O)CCCn1ccnc1[NH+]([O-])O. The molecule has 26 heavy (non-hydrogen) atoms. The van der Waals surface area contributed by atoms with Gasteiger partial charge in [-0.05, 0) is 13.3 Å². The van der Waals surface area contributed by atoms with E-state index in [0.29, 0.717) is 31.9 Å². The second-order valence-corrected chi connectivity index (χ2v) is 5.82. The van der Waals surface area contributed by atoms with Gasteiger partial charge in [0.1, 0.15) is 12.0 Å². The molecule has 2 aromatic rings. The van der Waals surface area contributed by atoms with Crippen LogP contribution in [-0.2, 0) is 17.9 Å². The topological polar surface area (TPSA) is 151 Å². The number of nitrogens with zero attached hydrogens (tertiary/aromatic N) is 5. The first-order chi connectivity index (χ1) is 12.3. The van der Waals surface area contributed by atoms with Gasteiger partial charge in [0.25, 0.3) is 5.82 Å². The molecule has 12 heteroatoms. The molecule has 0 spiro atoms. The Kier molecular flexibility index (Phi) is 6.79. The van der Waals surface area contributed by atoms with E-state index >= 15 is 0 Å². The first kappa shape index (κ1) is 20.0. The minimum Gasteiger partial charge on any atom is -0.594 e.